The van der Waals surface area contributed by atoms with Crippen molar-refractivity contribution < 1.29 is 0 Å². The van der Waals surface area contributed by atoms with Gasteiger partial charge in [-0.05, 0) is 12.1 Å². The van der Waals surface area contributed by atoms with Gasteiger partial charge in [-0.25, -0.2) is 0 Å². The second-order valence-corrected chi connectivity index (χ2v) is 2.03. The zero-order valence-electron chi connectivity index (χ0n) is 6.56. The van der Waals surface area contributed by atoms with Crippen molar-refractivity contribution in [2.24, 2.45) is 5.84 Å². The highest BCUT2D eigenvalue weighted by atomic mass is 35.5. The summed E-state index contributed by atoms with van der Waals surface area (Å²) in [5, 5.41) is 0. The van der Waals surface area contributed by atoms with Crippen LogP contribution in [-0.2, 0) is 6.42 Å². The van der Waals surface area contributed by atoms with Crippen molar-refractivity contribution in [2.75, 3.05) is 6.54 Å². The van der Waals surface area contributed by atoms with E-state index in [1.54, 1.807) is 6.20 Å². The van der Waals surface area contributed by atoms with Gasteiger partial charge < -0.3 is 0 Å². The minimum absolute atomic E-state index is 0. The number of halogens is 2. The van der Waals surface area contributed by atoms with Gasteiger partial charge in [0.1, 0.15) is 0 Å². The molecule has 0 saturated heterocycles. The molecule has 0 aromatic carbocycles. The molecule has 0 fully saturated rings. The summed E-state index contributed by atoms with van der Waals surface area (Å²) in [6.07, 6.45) is 2.67. The van der Waals surface area contributed by atoms with Crippen LogP contribution in [0.5, 0.6) is 0 Å². The molecule has 1 aromatic heterocycles. The summed E-state index contributed by atoms with van der Waals surface area (Å²) in [6.45, 7) is 0.775. The fourth-order valence-corrected chi connectivity index (χ4v) is 0.746. The molecule has 0 unspecified atom stereocenters. The normalized spacial score (nSPS) is 8.08. The van der Waals surface area contributed by atoms with Crippen LogP contribution in [0, 0.1) is 0 Å². The Morgan fingerprint density at radius 2 is 2.08 bits per heavy atom. The van der Waals surface area contributed by atoms with Crippen LogP contribution in [0.2, 0.25) is 0 Å². The predicted octanol–water partition coefficient (Wildman–Crippen LogP) is 0.931. The van der Waals surface area contributed by atoms with Gasteiger partial charge in [-0.2, -0.15) is 0 Å². The minimum atomic E-state index is 0. The predicted molar refractivity (Wildman–Crippen MR) is 54.6 cm³/mol. The molecule has 1 aromatic rings. The summed E-state index contributed by atoms with van der Waals surface area (Å²) in [5.74, 6) is 5.10. The molecule has 70 valence electrons. The van der Waals surface area contributed by atoms with Crippen LogP contribution in [-0.4, -0.2) is 11.5 Å². The fourth-order valence-electron chi connectivity index (χ4n) is 0.746. The van der Waals surface area contributed by atoms with Crippen molar-refractivity contribution in [3.8, 4) is 0 Å². The molecule has 3 N–H and O–H groups in total. The molecule has 5 heteroatoms. The van der Waals surface area contributed by atoms with E-state index in [0.717, 1.165) is 18.7 Å². The van der Waals surface area contributed by atoms with Gasteiger partial charge in [0.2, 0.25) is 0 Å². The van der Waals surface area contributed by atoms with E-state index in [1.165, 1.54) is 0 Å². The number of nitrogens with one attached hydrogen (secondary N) is 1. The van der Waals surface area contributed by atoms with Crippen LogP contribution in [0.3, 0.4) is 0 Å². The maximum absolute atomic E-state index is 5.10. The zero-order valence-corrected chi connectivity index (χ0v) is 8.20. The lowest BCUT2D eigenvalue weighted by Crippen LogP contribution is -2.24. The Balaban J connectivity index is 0. The van der Waals surface area contributed by atoms with Crippen LogP contribution in [0.4, 0.5) is 0 Å². The molecular formula is C7H13Cl2N3. The van der Waals surface area contributed by atoms with Crippen molar-refractivity contribution in [3.63, 3.8) is 0 Å². The van der Waals surface area contributed by atoms with Gasteiger partial charge in [0.05, 0.1) is 0 Å². The van der Waals surface area contributed by atoms with Gasteiger partial charge in [-0.3, -0.25) is 16.3 Å². The van der Waals surface area contributed by atoms with E-state index in [2.05, 4.69) is 10.4 Å². The van der Waals surface area contributed by atoms with Crippen molar-refractivity contribution in [2.45, 2.75) is 6.42 Å². The molecule has 0 aliphatic heterocycles. The Bertz CT molecular complexity index is 181. The third-order valence-corrected chi connectivity index (χ3v) is 1.25. The molecule has 1 rings (SSSR count). The number of nitrogens with zero attached hydrogens (tertiary/aromatic N) is 1. The molecule has 0 bridgehead atoms. The molecule has 0 spiro atoms. The molecule has 3 nitrogen and oxygen atoms in total. The van der Waals surface area contributed by atoms with E-state index < -0.39 is 0 Å². The van der Waals surface area contributed by atoms with Crippen LogP contribution in [0.1, 0.15) is 5.69 Å². The molecule has 0 amide bonds. The first-order chi connectivity index (χ1) is 4.93. The Hall–Kier alpha value is -0.350. The number of nitrogens with two attached hydrogens (primary N) is 1. The van der Waals surface area contributed by atoms with Gasteiger partial charge in [0.15, 0.2) is 0 Å². The quantitative estimate of drug-likeness (QED) is 0.576. The van der Waals surface area contributed by atoms with Gasteiger partial charge >= 0.3 is 0 Å². The highest BCUT2D eigenvalue weighted by Gasteiger charge is 1.88. The molecule has 0 aliphatic rings. The van der Waals surface area contributed by atoms with E-state index in [0.29, 0.717) is 0 Å². The topological polar surface area (TPSA) is 50.9 Å². The van der Waals surface area contributed by atoms with E-state index in [1.807, 2.05) is 18.2 Å². The zero-order chi connectivity index (χ0) is 7.23. The molecule has 1 heterocycles. The van der Waals surface area contributed by atoms with Crippen LogP contribution in [0.25, 0.3) is 0 Å². The Morgan fingerprint density at radius 1 is 1.33 bits per heavy atom. The van der Waals surface area contributed by atoms with Crippen LogP contribution < -0.4 is 11.3 Å². The lowest BCUT2D eigenvalue weighted by molar-refractivity contribution is 0.718. The first-order valence-corrected chi connectivity index (χ1v) is 3.27. The minimum Gasteiger partial charge on any atom is -0.271 e. The maximum Gasteiger partial charge on any atom is 0.0416 e. The van der Waals surface area contributed by atoms with Crippen molar-refractivity contribution in [3.05, 3.63) is 30.1 Å². The van der Waals surface area contributed by atoms with E-state index in [-0.39, 0.29) is 24.8 Å². The Labute approximate surface area is 84.5 Å². The summed E-state index contributed by atoms with van der Waals surface area (Å²) in [7, 11) is 0. The van der Waals surface area contributed by atoms with Crippen molar-refractivity contribution >= 4 is 24.8 Å². The first kappa shape index (κ1) is 14.2. The van der Waals surface area contributed by atoms with E-state index in [4.69, 9.17) is 5.84 Å². The van der Waals surface area contributed by atoms with Gasteiger partial charge in [-0.1, -0.05) is 6.07 Å². The number of pyridine rings is 1. The van der Waals surface area contributed by atoms with Crippen LogP contribution in [0.15, 0.2) is 24.4 Å². The number of hydrogen-bond donors (Lipinski definition) is 2. The smallest absolute Gasteiger partial charge is 0.0416 e. The standard InChI is InChI=1S/C7H11N3.2ClH/c8-10-6-4-7-3-1-2-5-9-7;;/h1-3,5,10H,4,6,8H2;2*1H. The Morgan fingerprint density at radius 3 is 2.58 bits per heavy atom. The van der Waals surface area contributed by atoms with Crippen LogP contribution >= 0.6 is 24.8 Å². The molecule has 0 atom stereocenters. The monoisotopic (exact) mass is 209 g/mol. The van der Waals surface area contributed by atoms with Crippen molar-refractivity contribution in [1.82, 2.24) is 10.4 Å². The van der Waals surface area contributed by atoms with E-state index >= 15 is 0 Å². The summed E-state index contributed by atoms with van der Waals surface area (Å²) < 4.78 is 0. The van der Waals surface area contributed by atoms with Crippen molar-refractivity contribution in [1.29, 1.82) is 0 Å². The SMILES string of the molecule is Cl.Cl.NNCCc1ccccn1. The Kier molecular flexibility index (Phi) is 10.3. The summed E-state index contributed by atoms with van der Waals surface area (Å²) in [4.78, 5) is 4.12. The summed E-state index contributed by atoms with van der Waals surface area (Å²) in [5.41, 5.74) is 3.65. The number of aromatic nitrogens is 1. The first-order valence-electron chi connectivity index (χ1n) is 3.27. The molecule has 0 saturated carbocycles. The molecule has 12 heavy (non-hydrogen) atoms. The lowest BCUT2D eigenvalue weighted by Gasteiger charge is -1.96. The average Bonchev–Trinajstić information content (AvgIpc) is 2.03. The van der Waals surface area contributed by atoms with Gasteiger partial charge in [0, 0.05) is 24.9 Å². The number of hydrazine groups is 1. The average molecular weight is 210 g/mol. The second-order valence-electron chi connectivity index (χ2n) is 2.03. The highest BCUT2D eigenvalue weighted by Crippen LogP contribution is 1.91. The maximum atomic E-state index is 5.10. The number of rotatable bonds is 3. The fraction of sp³-hybridized carbons (Fsp3) is 0.286. The van der Waals surface area contributed by atoms with Gasteiger partial charge in [0.25, 0.3) is 0 Å². The summed E-state index contributed by atoms with van der Waals surface area (Å²) in [6, 6.07) is 5.86. The van der Waals surface area contributed by atoms with E-state index in [9.17, 15) is 0 Å². The summed E-state index contributed by atoms with van der Waals surface area (Å²) >= 11 is 0. The third-order valence-electron chi connectivity index (χ3n) is 1.25. The third kappa shape index (κ3) is 5.32. The second kappa shape index (κ2) is 8.74. The highest BCUT2D eigenvalue weighted by molar-refractivity contribution is 5.85. The molecule has 0 radical (unpaired) electrons. The molecular weight excluding hydrogens is 197 g/mol. The number of hydrogen-bond acceptors (Lipinski definition) is 3. The lowest BCUT2D eigenvalue weighted by atomic mass is 10.3. The largest absolute Gasteiger partial charge is 0.271 e. The van der Waals surface area contributed by atoms with Gasteiger partial charge in [-0.15, -0.1) is 24.8 Å². The molecule has 0 aliphatic carbocycles.